The topological polar surface area (TPSA) is 53.3 Å². The number of rotatable bonds is 5. The molecule has 2 rings (SSSR count). The van der Waals surface area contributed by atoms with Crippen molar-refractivity contribution >= 4 is 5.91 Å². The molecule has 106 valence electrons. The van der Waals surface area contributed by atoms with E-state index in [1.165, 1.54) is 0 Å². The first-order valence-corrected chi connectivity index (χ1v) is 7.02. The number of hydrogen-bond donors (Lipinski definition) is 0. The van der Waals surface area contributed by atoms with Crippen molar-refractivity contribution in [1.29, 1.82) is 5.26 Å². The number of nitrogens with zero attached hydrogens (tertiary/aromatic N) is 2. The molecule has 4 nitrogen and oxygen atoms in total. The number of amides is 1. The highest BCUT2D eigenvalue weighted by Gasteiger charge is 2.32. The molecule has 0 aliphatic carbocycles. The molecule has 20 heavy (non-hydrogen) atoms. The highest BCUT2D eigenvalue weighted by molar-refractivity contribution is 5.82. The molecule has 1 aliphatic rings. The Kier molecular flexibility index (Phi) is 4.62. The standard InChI is InChI=1S/C16H20N2O2/c1-12(2)11-18(9-5-8-17)16(19)15-10-13-6-3-4-7-14(13)20-15/h3-4,6-7,12,15H,5,9-11H2,1-2H3. The largest absolute Gasteiger partial charge is 0.480 e. The van der Waals surface area contributed by atoms with Crippen LogP contribution in [0.4, 0.5) is 0 Å². The Morgan fingerprint density at radius 3 is 2.90 bits per heavy atom. The molecule has 0 bridgehead atoms. The van der Waals surface area contributed by atoms with Gasteiger partial charge < -0.3 is 9.64 Å². The SMILES string of the molecule is CC(C)CN(CCC#N)C(=O)C1Cc2ccccc2O1. The molecular formula is C16H20N2O2. The van der Waals surface area contributed by atoms with Gasteiger partial charge in [-0.15, -0.1) is 0 Å². The quantitative estimate of drug-likeness (QED) is 0.827. The molecule has 0 fully saturated rings. The molecule has 1 aromatic carbocycles. The molecule has 4 heteroatoms. The van der Waals surface area contributed by atoms with E-state index in [0.717, 1.165) is 11.3 Å². The van der Waals surface area contributed by atoms with Crippen LogP contribution in [0.1, 0.15) is 25.8 Å². The fourth-order valence-electron chi connectivity index (χ4n) is 2.44. The maximum absolute atomic E-state index is 12.5. The van der Waals surface area contributed by atoms with Crippen molar-refractivity contribution in [3.63, 3.8) is 0 Å². The minimum Gasteiger partial charge on any atom is -0.480 e. The Morgan fingerprint density at radius 2 is 2.25 bits per heavy atom. The smallest absolute Gasteiger partial charge is 0.264 e. The van der Waals surface area contributed by atoms with Crippen LogP contribution in [0.15, 0.2) is 24.3 Å². The second-order valence-corrected chi connectivity index (χ2v) is 5.50. The number of para-hydroxylation sites is 1. The summed E-state index contributed by atoms with van der Waals surface area (Å²) in [5.74, 6) is 1.17. The van der Waals surface area contributed by atoms with Gasteiger partial charge in [-0.3, -0.25) is 4.79 Å². The summed E-state index contributed by atoms with van der Waals surface area (Å²) in [6.07, 6.45) is 0.540. The van der Waals surface area contributed by atoms with Crippen LogP contribution in [-0.4, -0.2) is 30.0 Å². The normalized spacial score (nSPS) is 16.4. The molecular weight excluding hydrogens is 252 g/mol. The maximum Gasteiger partial charge on any atom is 0.264 e. The van der Waals surface area contributed by atoms with Gasteiger partial charge in [-0.2, -0.15) is 5.26 Å². The molecule has 0 saturated heterocycles. The Balaban J connectivity index is 2.04. The molecule has 0 saturated carbocycles. The van der Waals surface area contributed by atoms with Gasteiger partial charge in [0.2, 0.25) is 0 Å². The zero-order valence-corrected chi connectivity index (χ0v) is 12.0. The average molecular weight is 272 g/mol. The van der Waals surface area contributed by atoms with Gasteiger partial charge in [0, 0.05) is 19.5 Å². The lowest BCUT2D eigenvalue weighted by Crippen LogP contribution is -2.43. The van der Waals surface area contributed by atoms with Crippen LogP contribution in [0.25, 0.3) is 0 Å². The summed E-state index contributed by atoms with van der Waals surface area (Å²) in [7, 11) is 0. The van der Waals surface area contributed by atoms with Gasteiger partial charge in [0.25, 0.3) is 5.91 Å². The van der Waals surface area contributed by atoms with Crippen molar-refractivity contribution in [1.82, 2.24) is 4.90 Å². The van der Waals surface area contributed by atoms with Gasteiger partial charge in [0.1, 0.15) is 5.75 Å². The van der Waals surface area contributed by atoms with E-state index in [-0.39, 0.29) is 5.91 Å². The minimum atomic E-state index is -0.440. The second-order valence-electron chi connectivity index (χ2n) is 5.50. The molecule has 1 heterocycles. The summed E-state index contributed by atoms with van der Waals surface area (Å²) in [6.45, 7) is 5.27. The molecule has 0 radical (unpaired) electrons. The molecule has 0 N–H and O–H groups in total. The highest BCUT2D eigenvalue weighted by Crippen LogP contribution is 2.29. The van der Waals surface area contributed by atoms with Crippen molar-refractivity contribution in [2.24, 2.45) is 5.92 Å². The zero-order valence-electron chi connectivity index (χ0n) is 12.0. The predicted molar refractivity (Wildman–Crippen MR) is 76.2 cm³/mol. The first-order valence-electron chi connectivity index (χ1n) is 7.02. The molecule has 1 amide bonds. The van der Waals surface area contributed by atoms with E-state index >= 15 is 0 Å². The monoisotopic (exact) mass is 272 g/mol. The van der Waals surface area contributed by atoms with Crippen LogP contribution in [0.3, 0.4) is 0 Å². The zero-order chi connectivity index (χ0) is 14.5. The summed E-state index contributed by atoms with van der Waals surface area (Å²) in [6, 6.07) is 9.85. The summed E-state index contributed by atoms with van der Waals surface area (Å²) in [4.78, 5) is 14.3. The van der Waals surface area contributed by atoms with Crippen LogP contribution >= 0.6 is 0 Å². The first kappa shape index (κ1) is 14.4. The Labute approximate surface area is 120 Å². The molecule has 1 atom stereocenters. The van der Waals surface area contributed by atoms with Crippen molar-refractivity contribution in [2.45, 2.75) is 32.8 Å². The Bertz CT molecular complexity index is 494. The number of ether oxygens (including phenoxy) is 1. The third kappa shape index (κ3) is 3.30. The summed E-state index contributed by atoms with van der Waals surface area (Å²) < 4.78 is 5.74. The van der Waals surface area contributed by atoms with E-state index in [9.17, 15) is 4.79 Å². The van der Waals surface area contributed by atoms with Crippen molar-refractivity contribution in [3.8, 4) is 11.8 Å². The maximum atomic E-state index is 12.5. The van der Waals surface area contributed by atoms with Crippen LogP contribution in [0, 0.1) is 17.2 Å². The fraction of sp³-hybridized carbons (Fsp3) is 0.500. The van der Waals surface area contributed by atoms with E-state index in [4.69, 9.17) is 10.00 Å². The number of hydrogen-bond acceptors (Lipinski definition) is 3. The van der Waals surface area contributed by atoms with Crippen LogP contribution < -0.4 is 4.74 Å². The minimum absolute atomic E-state index is 0.00912. The fourth-order valence-corrected chi connectivity index (χ4v) is 2.44. The van der Waals surface area contributed by atoms with E-state index in [0.29, 0.717) is 31.8 Å². The highest BCUT2D eigenvalue weighted by atomic mass is 16.5. The van der Waals surface area contributed by atoms with Crippen LogP contribution in [0.2, 0.25) is 0 Å². The van der Waals surface area contributed by atoms with Gasteiger partial charge in [-0.25, -0.2) is 0 Å². The summed E-state index contributed by atoms with van der Waals surface area (Å²) in [5, 5.41) is 8.72. The molecule has 0 aromatic heterocycles. The lowest BCUT2D eigenvalue weighted by molar-refractivity contribution is -0.138. The summed E-state index contributed by atoms with van der Waals surface area (Å²) >= 11 is 0. The van der Waals surface area contributed by atoms with E-state index in [1.807, 2.05) is 24.3 Å². The van der Waals surface area contributed by atoms with Gasteiger partial charge in [-0.05, 0) is 17.5 Å². The summed E-state index contributed by atoms with van der Waals surface area (Å²) in [5.41, 5.74) is 1.08. The Hall–Kier alpha value is -2.02. The first-order chi connectivity index (χ1) is 9.61. The predicted octanol–water partition coefficient (Wildman–Crippen LogP) is 2.39. The van der Waals surface area contributed by atoms with Crippen LogP contribution in [-0.2, 0) is 11.2 Å². The van der Waals surface area contributed by atoms with E-state index in [1.54, 1.807) is 4.90 Å². The van der Waals surface area contributed by atoms with Gasteiger partial charge in [0.15, 0.2) is 6.10 Å². The third-order valence-corrected chi connectivity index (χ3v) is 3.31. The van der Waals surface area contributed by atoms with Gasteiger partial charge >= 0.3 is 0 Å². The molecule has 1 aromatic rings. The number of fused-ring (bicyclic) bond motifs is 1. The van der Waals surface area contributed by atoms with E-state index in [2.05, 4.69) is 19.9 Å². The number of carbonyl (C=O) groups is 1. The lowest BCUT2D eigenvalue weighted by Gasteiger charge is -2.26. The third-order valence-electron chi connectivity index (χ3n) is 3.31. The molecule has 0 spiro atoms. The van der Waals surface area contributed by atoms with Gasteiger partial charge in [-0.1, -0.05) is 32.0 Å². The lowest BCUT2D eigenvalue weighted by atomic mass is 10.1. The van der Waals surface area contributed by atoms with E-state index < -0.39 is 6.10 Å². The second kappa shape index (κ2) is 6.42. The van der Waals surface area contributed by atoms with Crippen molar-refractivity contribution < 1.29 is 9.53 Å². The van der Waals surface area contributed by atoms with Crippen molar-refractivity contribution in [3.05, 3.63) is 29.8 Å². The average Bonchev–Trinajstić information content (AvgIpc) is 2.86. The molecule has 1 unspecified atom stereocenters. The molecule has 1 aliphatic heterocycles. The number of nitriles is 1. The number of carbonyl (C=O) groups excluding carboxylic acids is 1. The van der Waals surface area contributed by atoms with Gasteiger partial charge in [0.05, 0.1) is 12.5 Å². The Morgan fingerprint density at radius 1 is 1.50 bits per heavy atom. The van der Waals surface area contributed by atoms with Crippen LogP contribution in [0.5, 0.6) is 5.75 Å². The van der Waals surface area contributed by atoms with Crippen molar-refractivity contribution in [2.75, 3.05) is 13.1 Å². The number of benzene rings is 1.